The first kappa shape index (κ1) is 24.3. The molecule has 5 rings (SSSR count). The van der Waals surface area contributed by atoms with E-state index in [9.17, 15) is 9.59 Å². The summed E-state index contributed by atoms with van der Waals surface area (Å²) in [5.41, 5.74) is 3.75. The molecule has 0 fully saturated rings. The molecule has 3 aromatic rings. The van der Waals surface area contributed by atoms with Crippen LogP contribution >= 0.6 is 23.4 Å². The molecule has 0 aromatic heterocycles. The second-order valence-electron chi connectivity index (χ2n) is 8.56. The maximum Gasteiger partial charge on any atom is 0.259 e. The van der Waals surface area contributed by atoms with E-state index in [1.807, 2.05) is 78.9 Å². The molecular weight excluding hydrogens is 492 g/mol. The first-order valence-corrected chi connectivity index (χ1v) is 13.2. The van der Waals surface area contributed by atoms with E-state index in [-0.39, 0.29) is 18.2 Å². The van der Waals surface area contributed by atoms with E-state index in [4.69, 9.17) is 21.6 Å². The molecule has 0 spiro atoms. The normalized spacial score (nSPS) is 16.2. The number of nitrogens with zero attached hydrogens (tertiary/aromatic N) is 3. The molecule has 0 saturated heterocycles. The van der Waals surface area contributed by atoms with E-state index in [0.29, 0.717) is 34.7 Å². The van der Waals surface area contributed by atoms with Crippen LogP contribution in [-0.2, 0) is 21.8 Å². The van der Waals surface area contributed by atoms with Gasteiger partial charge in [-0.3, -0.25) is 14.6 Å². The summed E-state index contributed by atoms with van der Waals surface area (Å²) in [6, 6.07) is 24.7. The molecule has 0 aliphatic carbocycles. The van der Waals surface area contributed by atoms with Crippen molar-refractivity contribution in [3.05, 3.63) is 101 Å². The van der Waals surface area contributed by atoms with Gasteiger partial charge in [-0.2, -0.15) is 0 Å². The van der Waals surface area contributed by atoms with Crippen molar-refractivity contribution in [3.8, 4) is 0 Å². The number of hydrogen-bond donors (Lipinski definition) is 1. The number of rotatable bonds is 8. The second-order valence-corrected chi connectivity index (χ2v) is 9.91. The van der Waals surface area contributed by atoms with Crippen molar-refractivity contribution in [2.45, 2.75) is 31.1 Å². The molecule has 0 radical (unpaired) electrons. The molecule has 0 bridgehead atoms. The number of halogens is 1. The third-order valence-corrected chi connectivity index (χ3v) is 7.44. The van der Waals surface area contributed by atoms with E-state index < -0.39 is 6.04 Å². The van der Waals surface area contributed by atoms with E-state index in [1.165, 1.54) is 17.3 Å². The van der Waals surface area contributed by atoms with Crippen LogP contribution in [-0.4, -0.2) is 40.3 Å². The lowest BCUT2D eigenvalue weighted by atomic mass is 10.1. The topological polar surface area (TPSA) is 74.1 Å². The molecule has 2 aliphatic rings. The first-order valence-electron chi connectivity index (χ1n) is 11.9. The number of amidine groups is 2. The van der Waals surface area contributed by atoms with Gasteiger partial charge in [-0.25, -0.2) is 9.89 Å². The van der Waals surface area contributed by atoms with E-state index in [1.54, 1.807) is 4.90 Å². The van der Waals surface area contributed by atoms with Gasteiger partial charge in [0.25, 0.3) is 5.91 Å². The molecule has 2 amide bonds. The summed E-state index contributed by atoms with van der Waals surface area (Å²) in [5, 5.41) is 4.20. The second kappa shape index (κ2) is 11.1. The van der Waals surface area contributed by atoms with Crippen molar-refractivity contribution in [3.63, 3.8) is 0 Å². The van der Waals surface area contributed by atoms with E-state index in [0.717, 1.165) is 23.2 Å². The zero-order valence-electron chi connectivity index (χ0n) is 19.6. The van der Waals surface area contributed by atoms with Crippen LogP contribution in [0.4, 0.5) is 5.69 Å². The van der Waals surface area contributed by atoms with Gasteiger partial charge < -0.3 is 5.32 Å². The number of aliphatic imine (C=N–C) groups is 2. The monoisotopic (exact) mass is 516 g/mol. The fourth-order valence-corrected chi connectivity index (χ4v) is 5.48. The third-order valence-electron chi connectivity index (χ3n) is 6.09. The maximum absolute atomic E-state index is 13.4. The smallest absolute Gasteiger partial charge is 0.259 e. The van der Waals surface area contributed by atoms with Crippen LogP contribution < -0.4 is 5.32 Å². The Kier molecular flexibility index (Phi) is 7.49. The Morgan fingerprint density at radius 3 is 2.58 bits per heavy atom. The van der Waals surface area contributed by atoms with Gasteiger partial charge in [0.05, 0.1) is 5.69 Å². The quantitative estimate of drug-likeness (QED) is 0.437. The van der Waals surface area contributed by atoms with Crippen LogP contribution in [0, 0.1) is 0 Å². The van der Waals surface area contributed by atoms with Crippen LogP contribution in [0.5, 0.6) is 0 Å². The minimum atomic E-state index is -0.614. The Hall–Kier alpha value is -3.42. The van der Waals surface area contributed by atoms with Crippen LogP contribution in [0.1, 0.15) is 29.5 Å². The van der Waals surface area contributed by atoms with Gasteiger partial charge in [0.2, 0.25) is 5.91 Å². The van der Waals surface area contributed by atoms with Crippen molar-refractivity contribution in [1.82, 2.24) is 10.2 Å². The zero-order chi connectivity index (χ0) is 24.9. The lowest BCUT2D eigenvalue weighted by Gasteiger charge is -2.25. The summed E-state index contributed by atoms with van der Waals surface area (Å²) in [6.07, 6.45) is 1.35. The average molecular weight is 517 g/mol. The Balaban J connectivity index is 1.25. The highest BCUT2D eigenvalue weighted by Crippen LogP contribution is 2.35. The van der Waals surface area contributed by atoms with Crippen LogP contribution in [0.25, 0.3) is 0 Å². The summed E-state index contributed by atoms with van der Waals surface area (Å²) < 4.78 is 0. The van der Waals surface area contributed by atoms with Crippen molar-refractivity contribution < 1.29 is 9.59 Å². The number of hydrogen-bond acceptors (Lipinski definition) is 5. The molecule has 2 aliphatic heterocycles. The lowest BCUT2D eigenvalue weighted by molar-refractivity contribution is -0.125. The highest BCUT2D eigenvalue weighted by molar-refractivity contribution is 8.13. The molecule has 0 unspecified atom stereocenters. The number of para-hydroxylation sites is 1. The van der Waals surface area contributed by atoms with Gasteiger partial charge in [-0.15, -0.1) is 0 Å². The number of amides is 2. The molecule has 2 heterocycles. The Labute approximate surface area is 219 Å². The fraction of sp³-hybridized carbons (Fsp3) is 0.214. The predicted molar refractivity (Wildman–Crippen MR) is 146 cm³/mol. The molecule has 6 nitrogen and oxygen atoms in total. The number of carbonyl (C=O) groups excluding carboxylic acids is 2. The number of thioether (sulfide) groups is 1. The minimum Gasteiger partial charge on any atom is -0.356 e. The average Bonchev–Trinajstić information content (AvgIpc) is 3.24. The molecule has 182 valence electrons. The Bertz CT molecular complexity index is 1340. The highest BCUT2D eigenvalue weighted by Gasteiger charge is 2.41. The summed E-state index contributed by atoms with van der Waals surface area (Å²) in [6.45, 7) is 0.560. The van der Waals surface area contributed by atoms with Gasteiger partial charge in [0, 0.05) is 29.3 Å². The van der Waals surface area contributed by atoms with Gasteiger partial charge in [0.1, 0.15) is 11.9 Å². The van der Waals surface area contributed by atoms with Crippen LogP contribution in [0.3, 0.4) is 0 Å². The van der Waals surface area contributed by atoms with Crippen molar-refractivity contribution in [2.24, 2.45) is 9.98 Å². The number of nitrogens with one attached hydrogen (secondary N) is 1. The largest absolute Gasteiger partial charge is 0.356 e. The number of carbonyl (C=O) groups is 2. The van der Waals surface area contributed by atoms with Crippen LogP contribution in [0.15, 0.2) is 88.8 Å². The van der Waals surface area contributed by atoms with Crippen molar-refractivity contribution in [2.75, 3.05) is 6.54 Å². The third kappa shape index (κ3) is 5.37. The van der Waals surface area contributed by atoms with E-state index >= 15 is 0 Å². The van der Waals surface area contributed by atoms with E-state index in [2.05, 4.69) is 5.32 Å². The standard InChI is InChI=1S/C28H25ClN4O2S/c29-22-12-6-4-10-20(22)18-36-28-32-23-13-7-5-11-21(23)26-31-24(27(35)33(26)28)14-15-25(34)30-17-16-19-8-2-1-3-9-19/h1-13,24H,14-18H2,(H,30,34)/t24-/m0/s1. The van der Waals surface area contributed by atoms with Gasteiger partial charge in [-0.1, -0.05) is 84.0 Å². The summed E-state index contributed by atoms with van der Waals surface area (Å²) in [7, 11) is 0. The summed E-state index contributed by atoms with van der Waals surface area (Å²) >= 11 is 7.79. The van der Waals surface area contributed by atoms with Gasteiger partial charge >= 0.3 is 0 Å². The zero-order valence-corrected chi connectivity index (χ0v) is 21.1. The first-order chi connectivity index (χ1) is 17.6. The molecule has 3 aromatic carbocycles. The fourth-order valence-electron chi connectivity index (χ4n) is 4.19. The van der Waals surface area contributed by atoms with Crippen molar-refractivity contribution in [1.29, 1.82) is 0 Å². The molecule has 0 saturated carbocycles. The van der Waals surface area contributed by atoms with Gasteiger partial charge in [0.15, 0.2) is 5.17 Å². The van der Waals surface area contributed by atoms with Gasteiger partial charge in [-0.05, 0) is 42.2 Å². The molecule has 8 heteroatoms. The molecule has 36 heavy (non-hydrogen) atoms. The highest BCUT2D eigenvalue weighted by atomic mass is 35.5. The summed E-state index contributed by atoms with van der Waals surface area (Å²) in [5.74, 6) is 0.946. The lowest BCUT2D eigenvalue weighted by Crippen LogP contribution is -2.41. The molecule has 1 N–H and O–H groups in total. The Morgan fingerprint density at radius 1 is 1.00 bits per heavy atom. The molecule has 1 atom stereocenters. The molecular formula is C28H25ClN4O2S. The predicted octanol–water partition coefficient (Wildman–Crippen LogP) is 5.37. The minimum absolute atomic E-state index is 0.0776. The SMILES string of the molecule is O=C(CC[C@@H]1N=C2c3ccccc3N=C(SCc3ccccc3Cl)N2C1=O)NCCc1ccccc1. The summed E-state index contributed by atoms with van der Waals surface area (Å²) in [4.78, 5) is 37.0. The number of benzene rings is 3. The maximum atomic E-state index is 13.4. The van der Waals surface area contributed by atoms with Crippen LogP contribution in [0.2, 0.25) is 5.02 Å². The Morgan fingerprint density at radius 2 is 1.75 bits per heavy atom. The van der Waals surface area contributed by atoms with Crippen molar-refractivity contribution >= 4 is 51.9 Å². The number of fused-ring (bicyclic) bond motifs is 3.